The van der Waals surface area contributed by atoms with Gasteiger partial charge in [0.1, 0.15) is 0 Å². The van der Waals surface area contributed by atoms with E-state index >= 15 is 0 Å². The first-order valence-corrected chi connectivity index (χ1v) is 10.7. The Morgan fingerprint density at radius 2 is 1.42 bits per heavy atom. The summed E-state index contributed by atoms with van der Waals surface area (Å²) in [6.07, 6.45) is 0. The average Bonchev–Trinajstić information content (AvgIpc) is 3.04. The molecule has 0 bridgehead atoms. The fourth-order valence-corrected chi connectivity index (χ4v) is 3.36. The van der Waals surface area contributed by atoms with Crippen molar-refractivity contribution < 1.29 is 24.0 Å². The second kappa shape index (κ2) is 10.5. The number of hydrogen-bond donors (Lipinski definition) is 3. The van der Waals surface area contributed by atoms with E-state index in [1.54, 1.807) is 30.3 Å². The van der Waals surface area contributed by atoms with Crippen LogP contribution in [0.4, 0.5) is 0 Å². The van der Waals surface area contributed by atoms with Gasteiger partial charge in [-0.05, 0) is 36.2 Å². The lowest BCUT2D eigenvalue weighted by atomic mass is 10.1. The van der Waals surface area contributed by atoms with Crippen LogP contribution in [0, 0.1) is 5.92 Å². The predicted octanol–water partition coefficient (Wildman–Crippen LogP) is 1.21. The number of nitrogens with one attached hydrogen (secondary N) is 3. The molecule has 0 saturated heterocycles. The molecule has 2 aromatic carbocycles. The number of nitrogens with zero attached hydrogens (tertiary/aromatic N) is 1. The van der Waals surface area contributed by atoms with E-state index in [0.29, 0.717) is 17.7 Å². The normalized spacial score (nSPS) is 12.5. The van der Waals surface area contributed by atoms with E-state index in [-0.39, 0.29) is 54.4 Å². The number of carbonyl (C=O) groups is 5. The third-order valence-electron chi connectivity index (χ3n) is 4.96. The van der Waals surface area contributed by atoms with E-state index in [1.165, 1.54) is 23.1 Å². The highest BCUT2D eigenvalue weighted by Gasteiger charge is 2.36. The second-order valence-corrected chi connectivity index (χ2v) is 8.03. The molecule has 9 heteroatoms. The van der Waals surface area contributed by atoms with Crippen LogP contribution in [0.2, 0.25) is 0 Å². The van der Waals surface area contributed by atoms with Crippen molar-refractivity contribution >= 4 is 29.5 Å². The molecule has 1 aliphatic rings. The molecular formula is C24H26N4O5. The largest absolute Gasteiger partial charge is 0.353 e. The Hall–Kier alpha value is -4.01. The van der Waals surface area contributed by atoms with Gasteiger partial charge in [-0.15, -0.1) is 0 Å². The van der Waals surface area contributed by atoms with Gasteiger partial charge in [-0.1, -0.05) is 32.0 Å². The summed E-state index contributed by atoms with van der Waals surface area (Å²) in [5.41, 5.74) is 1.22. The molecule has 0 unspecified atom stereocenters. The van der Waals surface area contributed by atoms with Crippen LogP contribution >= 0.6 is 0 Å². The standard InChI is InChI=1S/C24H26N4O5/c1-15(2)14-28-23(32)18-9-8-17(12-19(18)24(28)33)22(31)26-11-10-25-20(29)13-27-21(30)16-6-4-3-5-7-16/h3-9,12,15H,10-11,13-14H2,1-2H3,(H,25,29)(H,26,31)(H,27,30). The van der Waals surface area contributed by atoms with E-state index in [0.717, 1.165) is 0 Å². The van der Waals surface area contributed by atoms with Crippen LogP contribution in [0.25, 0.3) is 0 Å². The molecule has 0 atom stereocenters. The Labute approximate surface area is 191 Å². The van der Waals surface area contributed by atoms with Gasteiger partial charge in [0.2, 0.25) is 5.91 Å². The number of hydrogen-bond acceptors (Lipinski definition) is 5. The zero-order valence-corrected chi connectivity index (χ0v) is 18.5. The summed E-state index contributed by atoms with van der Waals surface area (Å²) in [6.45, 7) is 4.28. The minimum Gasteiger partial charge on any atom is -0.353 e. The molecule has 0 fully saturated rings. The lowest BCUT2D eigenvalue weighted by molar-refractivity contribution is -0.120. The summed E-state index contributed by atoms with van der Waals surface area (Å²) < 4.78 is 0. The summed E-state index contributed by atoms with van der Waals surface area (Å²) in [4.78, 5) is 62.4. The lowest BCUT2D eigenvalue weighted by Gasteiger charge is -2.15. The molecule has 33 heavy (non-hydrogen) atoms. The first-order valence-electron chi connectivity index (χ1n) is 10.7. The molecule has 9 nitrogen and oxygen atoms in total. The number of rotatable bonds is 9. The molecule has 0 spiro atoms. The van der Waals surface area contributed by atoms with Gasteiger partial charge in [-0.3, -0.25) is 28.9 Å². The van der Waals surface area contributed by atoms with E-state index < -0.39 is 11.8 Å². The fourth-order valence-electron chi connectivity index (χ4n) is 3.36. The quantitative estimate of drug-likeness (QED) is 0.391. The molecular weight excluding hydrogens is 424 g/mol. The first kappa shape index (κ1) is 23.6. The summed E-state index contributed by atoms with van der Waals surface area (Å²) in [5, 5.41) is 7.78. The van der Waals surface area contributed by atoms with Gasteiger partial charge < -0.3 is 16.0 Å². The molecule has 172 valence electrons. The van der Waals surface area contributed by atoms with Crippen LogP contribution in [0.5, 0.6) is 0 Å². The van der Waals surface area contributed by atoms with Crippen molar-refractivity contribution in [2.45, 2.75) is 13.8 Å². The first-order chi connectivity index (χ1) is 15.8. The Kier molecular flexibility index (Phi) is 7.55. The van der Waals surface area contributed by atoms with Gasteiger partial charge in [-0.25, -0.2) is 0 Å². The zero-order valence-electron chi connectivity index (χ0n) is 18.5. The molecule has 0 saturated carbocycles. The average molecular weight is 450 g/mol. The third kappa shape index (κ3) is 5.82. The highest BCUT2D eigenvalue weighted by molar-refractivity contribution is 6.22. The monoisotopic (exact) mass is 450 g/mol. The maximum Gasteiger partial charge on any atom is 0.261 e. The van der Waals surface area contributed by atoms with E-state index in [4.69, 9.17) is 0 Å². The molecule has 0 aromatic heterocycles. The van der Waals surface area contributed by atoms with Gasteiger partial charge in [0.15, 0.2) is 0 Å². The van der Waals surface area contributed by atoms with Crippen molar-refractivity contribution in [3.63, 3.8) is 0 Å². The van der Waals surface area contributed by atoms with Crippen LogP contribution in [-0.2, 0) is 4.79 Å². The molecule has 3 N–H and O–H groups in total. The SMILES string of the molecule is CC(C)CN1C(=O)c2ccc(C(=O)NCCNC(=O)CNC(=O)c3ccccc3)cc2C1=O. The number of carbonyl (C=O) groups excluding carboxylic acids is 5. The number of benzene rings is 2. The second-order valence-electron chi connectivity index (χ2n) is 8.03. The van der Waals surface area contributed by atoms with Gasteiger partial charge in [0.05, 0.1) is 17.7 Å². The Morgan fingerprint density at radius 1 is 0.788 bits per heavy atom. The van der Waals surface area contributed by atoms with Gasteiger partial charge in [0, 0.05) is 30.8 Å². The molecule has 2 aromatic rings. The summed E-state index contributed by atoms with van der Waals surface area (Å²) >= 11 is 0. The summed E-state index contributed by atoms with van der Waals surface area (Å²) in [5.74, 6) is -1.78. The van der Waals surface area contributed by atoms with Gasteiger partial charge in [-0.2, -0.15) is 0 Å². The minimum absolute atomic E-state index is 0.136. The lowest BCUT2D eigenvalue weighted by Crippen LogP contribution is -2.40. The number of imide groups is 1. The molecule has 1 aliphatic heterocycles. The van der Waals surface area contributed by atoms with Gasteiger partial charge >= 0.3 is 0 Å². The van der Waals surface area contributed by atoms with Crippen molar-refractivity contribution in [3.8, 4) is 0 Å². The van der Waals surface area contributed by atoms with Crippen molar-refractivity contribution in [1.29, 1.82) is 0 Å². The minimum atomic E-state index is -0.424. The predicted molar refractivity (Wildman–Crippen MR) is 121 cm³/mol. The van der Waals surface area contributed by atoms with Crippen LogP contribution in [0.15, 0.2) is 48.5 Å². The van der Waals surface area contributed by atoms with Gasteiger partial charge in [0.25, 0.3) is 23.6 Å². The van der Waals surface area contributed by atoms with Crippen LogP contribution in [0.3, 0.4) is 0 Å². The fraction of sp³-hybridized carbons (Fsp3) is 0.292. The van der Waals surface area contributed by atoms with E-state index in [9.17, 15) is 24.0 Å². The number of fused-ring (bicyclic) bond motifs is 1. The molecule has 5 amide bonds. The van der Waals surface area contributed by atoms with Crippen molar-refractivity contribution in [1.82, 2.24) is 20.9 Å². The Balaban J connectivity index is 1.44. The molecule has 0 radical (unpaired) electrons. The van der Waals surface area contributed by atoms with Crippen molar-refractivity contribution in [2.75, 3.05) is 26.2 Å². The molecule has 3 rings (SSSR count). The van der Waals surface area contributed by atoms with Crippen LogP contribution in [-0.4, -0.2) is 60.6 Å². The third-order valence-corrected chi connectivity index (χ3v) is 4.96. The molecule has 0 aliphatic carbocycles. The topological polar surface area (TPSA) is 125 Å². The maximum atomic E-state index is 12.5. The summed E-state index contributed by atoms with van der Waals surface area (Å²) in [7, 11) is 0. The number of amides is 5. The smallest absolute Gasteiger partial charge is 0.261 e. The zero-order chi connectivity index (χ0) is 24.0. The van der Waals surface area contributed by atoms with Crippen LogP contribution in [0.1, 0.15) is 55.3 Å². The Morgan fingerprint density at radius 3 is 2.12 bits per heavy atom. The van der Waals surface area contributed by atoms with E-state index in [2.05, 4.69) is 16.0 Å². The van der Waals surface area contributed by atoms with Crippen LogP contribution < -0.4 is 16.0 Å². The maximum absolute atomic E-state index is 12.5. The van der Waals surface area contributed by atoms with Crippen molar-refractivity contribution in [2.24, 2.45) is 5.92 Å². The van der Waals surface area contributed by atoms with E-state index in [1.807, 2.05) is 13.8 Å². The highest BCUT2D eigenvalue weighted by atomic mass is 16.2. The summed E-state index contributed by atoms with van der Waals surface area (Å²) in [6, 6.07) is 12.9. The van der Waals surface area contributed by atoms with Crippen molar-refractivity contribution in [3.05, 3.63) is 70.8 Å². The molecule has 1 heterocycles. The Bertz CT molecular complexity index is 1080. The highest BCUT2D eigenvalue weighted by Crippen LogP contribution is 2.24.